The Hall–Kier alpha value is -0.0400. The lowest BCUT2D eigenvalue weighted by Crippen LogP contribution is -2.40. The molecule has 78 valence electrons. The van der Waals surface area contributed by atoms with E-state index in [2.05, 4.69) is 34.6 Å². The van der Waals surface area contributed by atoms with Crippen LogP contribution in [0.3, 0.4) is 0 Å². The van der Waals surface area contributed by atoms with E-state index in [4.69, 9.17) is 0 Å². The molecule has 0 bridgehead atoms. The molecule has 2 atom stereocenters. The van der Waals surface area contributed by atoms with Crippen LogP contribution in [0.25, 0.3) is 0 Å². The molecule has 1 aliphatic carbocycles. The van der Waals surface area contributed by atoms with Gasteiger partial charge in [-0.25, -0.2) is 0 Å². The van der Waals surface area contributed by atoms with E-state index >= 15 is 0 Å². The zero-order valence-corrected chi connectivity index (χ0v) is 9.72. The fraction of sp³-hybridized carbons (Fsp3) is 1.00. The van der Waals surface area contributed by atoms with E-state index in [1.807, 2.05) is 0 Å². The highest BCUT2D eigenvalue weighted by atomic mass is 16.3. The van der Waals surface area contributed by atoms with Crippen LogP contribution < -0.4 is 0 Å². The van der Waals surface area contributed by atoms with Crippen molar-refractivity contribution >= 4 is 0 Å². The first-order valence-electron chi connectivity index (χ1n) is 5.41. The van der Waals surface area contributed by atoms with Gasteiger partial charge in [0.25, 0.3) is 0 Å². The first-order valence-corrected chi connectivity index (χ1v) is 5.41. The summed E-state index contributed by atoms with van der Waals surface area (Å²) in [5.41, 5.74) is 0.521. The van der Waals surface area contributed by atoms with Crippen molar-refractivity contribution < 1.29 is 5.11 Å². The van der Waals surface area contributed by atoms with E-state index in [-0.39, 0.29) is 11.5 Å². The van der Waals surface area contributed by atoms with Crippen molar-refractivity contribution in [3.8, 4) is 0 Å². The molecule has 0 aliphatic heterocycles. The van der Waals surface area contributed by atoms with Gasteiger partial charge in [0.05, 0.1) is 6.10 Å². The quantitative estimate of drug-likeness (QED) is 0.613. The third-order valence-electron chi connectivity index (χ3n) is 3.69. The summed E-state index contributed by atoms with van der Waals surface area (Å²) >= 11 is 0. The van der Waals surface area contributed by atoms with Crippen LogP contribution >= 0.6 is 0 Å². The third-order valence-corrected chi connectivity index (χ3v) is 3.69. The largest absolute Gasteiger partial charge is 0.393 e. The van der Waals surface area contributed by atoms with E-state index in [0.29, 0.717) is 5.41 Å². The second-order valence-electron chi connectivity index (χ2n) is 6.35. The molecule has 0 heterocycles. The third kappa shape index (κ3) is 2.46. The summed E-state index contributed by atoms with van der Waals surface area (Å²) in [7, 11) is 0. The van der Waals surface area contributed by atoms with Gasteiger partial charge >= 0.3 is 0 Å². The van der Waals surface area contributed by atoms with Gasteiger partial charge in [-0.2, -0.15) is 0 Å². The number of aliphatic hydroxyl groups excluding tert-OH is 1. The van der Waals surface area contributed by atoms with Crippen molar-refractivity contribution in [3.05, 3.63) is 0 Å². The number of hydrogen-bond acceptors (Lipinski definition) is 1. The van der Waals surface area contributed by atoms with Crippen molar-refractivity contribution in [2.75, 3.05) is 0 Å². The van der Waals surface area contributed by atoms with Gasteiger partial charge in [0.2, 0.25) is 0 Å². The minimum atomic E-state index is -0.0916. The molecule has 0 radical (unpaired) electrons. The summed E-state index contributed by atoms with van der Waals surface area (Å²) in [6.07, 6.45) is 3.24. The lowest BCUT2D eigenvalue weighted by atomic mass is 9.63. The standard InChI is InChI=1S/C12H24O/c1-11(2,3)9-6-7-10(13)12(4,5)8-9/h9-10,13H,6-8H2,1-5H3/t9-,10+/m1/s1. The van der Waals surface area contributed by atoms with Crippen molar-refractivity contribution in [1.82, 2.24) is 0 Å². The maximum absolute atomic E-state index is 9.82. The van der Waals surface area contributed by atoms with Crippen LogP contribution in [0.4, 0.5) is 0 Å². The molecule has 1 heteroatoms. The van der Waals surface area contributed by atoms with Crippen LogP contribution in [0.15, 0.2) is 0 Å². The van der Waals surface area contributed by atoms with Crippen molar-refractivity contribution in [3.63, 3.8) is 0 Å². The SMILES string of the molecule is CC(C)(C)[C@@H]1CC[C@H](O)C(C)(C)C1. The van der Waals surface area contributed by atoms with E-state index in [0.717, 1.165) is 18.8 Å². The van der Waals surface area contributed by atoms with Gasteiger partial charge in [0.1, 0.15) is 0 Å². The smallest absolute Gasteiger partial charge is 0.0591 e. The molecule has 1 aliphatic rings. The number of rotatable bonds is 0. The van der Waals surface area contributed by atoms with Crippen LogP contribution in [-0.2, 0) is 0 Å². The molecule has 0 aromatic heterocycles. The maximum Gasteiger partial charge on any atom is 0.0591 e. The monoisotopic (exact) mass is 184 g/mol. The Kier molecular flexibility index (Phi) is 2.78. The van der Waals surface area contributed by atoms with Gasteiger partial charge < -0.3 is 5.11 Å². The molecule has 1 rings (SSSR count). The molecule has 1 fully saturated rings. The summed E-state index contributed by atoms with van der Waals surface area (Å²) < 4.78 is 0. The molecule has 13 heavy (non-hydrogen) atoms. The average Bonchev–Trinajstić information content (AvgIpc) is 1.92. The van der Waals surface area contributed by atoms with E-state index in [1.165, 1.54) is 6.42 Å². The molecule has 1 saturated carbocycles. The highest BCUT2D eigenvalue weighted by Gasteiger charge is 2.39. The molecule has 0 amide bonds. The summed E-state index contributed by atoms with van der Waals surface area (Å²) in [4.78, 5) is 0. The van der Waals surface area contributed by atoms with Gasteiger partial charge in [-0.05, 0) is 36.0 Å². The van der Waals surface area contributed by atoms with Gasteiger partial charge in [-0.15, -0.1) is 0 Å². The predicted octanol–water partition coefficient (Wildman–Crippen LogP) is 3.22. The Morgan fingerprint density at radius 3 is 2.08 bits per heavy atom. The molecule has 0 spiro atoms. The zero-order valence-electron chi connectivity index (χ0n) is 9.72. The minimum Gasteiger partial charge on any atom is -0.393 e. The maximum atomic E-state index is 9.82. The fourth-order valence-electron chi connectivity index (χ4n) is 2.36. The van der Waals surface area contributed by atoms with Crippen molar-refractivity contribution in [2.45, 2.75) is 60.0 Å². The summed E-state index contributed by atoms with van der Waals surface area (Å²) in [6, 6.07) is 0. The molecule has 0 aromatic carbocycles. The first kappa shape index (κ1) is 11.0. The van der Waals surface area contributed by atoms with Gasteiger partial charge in [-0.3, -0.25) is 0 Å². The topological polar surface area (TPSA) is 20.2 Å². The summed E-state index contributed by atoms with van der Waals surface area (Å²) in [5, 5.41) is 9.82. The summed E-state index contributed by atoms with van der Waals surface area (Å²) in [5.74, 6) is 0.769. The second-order valence-corrected chi connectivity index (χ2v) is 6.35. The fourth-order valence-corrected chi connectivity index (χ4v) is 2.36. The van der Waals surface area contributed by atoms with E-state index in [1.54, 1.807) is 0 Å². The zero-order chi connectivity index (χ0) is 10.3. The Balaban J connectivity index is 2.66. The van der Waals surface area contributed by atoms with Gasteiger partial charge in [0.15, 0.2) is 0 Å². The van der Waals surface area contributed by atoms with Crippen LogP contribution in [0.2, 0.25) is 0 Å². The Morgan fingerprint density at radius 1 is 1.15 bits per heavy atom. The molecule has 0 unspecified atom stereocenters. The van der Waals surface area contributed by atoms with Gasteiger partial charge in [-0.1, -0.05) is 34.6 Å². The van der Waals surface area contributed by atoms with Crippen molar-refractivity contribution in [2.24, 2.45) is 16.7 Å². The molecule has 1 nitrogen and oxygen atoms in total. The molecular weight excluding hydrogens is 160 g/mol. The number of hydrogen-bond donors (Lipinski definition) is 1. The minimum absolute atomic E-state index is 0.0916. The Morgan fingerprint density at radius 2 is 1.69 bits per heavy atom. The number of aliphatic hydroxyl groups is 1. The van der Waals surface area contributed by atoms with Crippen LogP contribution in [0.5, 0.6) is 0 Å². The van der Waals surface area contributed by atoms with Gasteiger partial charge in [0, 0.05) is 0 Å². The van der Waals surface area contributed by atoms with Crippen LogP contribution in [-0.4, -0.2) is 11.2 Å². The lowest BCUT2D eigenvalue weighted by molar-refractivity contribution is -0.0305. The van der Waals surface area contributed by atoms with Crippen LogP contribution in [0.1, 0.15) is 53.9 Å². The predicted molar refractivity (Wildman–Crippen MR) is 56.6 cm³/mol. The van der Waals surface area contributed by atoms with E-state index < -0.39 is 0 Å². The van der Waals surface area contributed by atoms with Crippen LogP contribution in [0, 0.1) is 16.7 Å². The molecule has 0 saturated heterocycles. The lowest BCUT2D eigenvalue weighted by Gasteiger charge is -2.44. The molecule has 1 N–H and O–H groups in total. The molecule has 0 aromatic rings. The molecular formula is C12H24O. The van der Waals surface area contributed by atoms with Crippen molar-refractivity contribution in [1.29, 1.82) is 0 Å². The Bertz CT molecular complexity index is 176. The first-order chi connectivity index (χ1) is 5.73. The highest BCUT2D eigenvalue weighted by molar-refractivity contribution is 4.90. The Labute approximate surface area is 82.5 Å². The normalized spacial score (nSPS) is 34.6. The second kappa shape index (κ2) is 3.27. The van der Waals surface area contributed by atoms with E-state index in [9.17, 15) is 5.11 Å². The average molecular weight is 184 g/mol. The summed E-state index contributed by atoms with van der Waals surface area (Å²) in [6.45, 7) is 11.3. The highest BCUT2D eigenvalue weighted by Crippen LogP contribution is 2.45.